The Balaban J connectivity index is 1.85. The van der Waals surface area contributed by atoms with Crippen LogP contribution in [0.5, 0.6) is 0 Å². The number of halogens is 1. The van der Waals surface area contributed by atoms with E-state index >= 15 is 0 Å². The first-order valence-corrected chi connectivity index (χ1v) is 10.2. The number of nitrogens with zero attached hydrogens (tertiary/aromatic N) is 1. The van der Waals surface area contributed by atoms with Crippen molar-refractivity contribution in [2.24, 2.45) is 5.92 Å². The minimum atomic E-state index is -3.70. The fourth-order valence-corrected chi connectivity index (χ4v) is 4.59. The molecule has 0 radical (unpaired) electrons. The van der Waals surface area contributed by atoms with E-state index in [2.05, 4.69) is 11.6 Å². The fraction of sp³-hybridized carbons (Fsp3) is 0.588. The zero-order valence-corrected chi connectivity index (χ0v) is 15.7. The highest BCUT2D eigenvalue weighted by molar-refractivity contribution is 7.89. The Kier molecular flexibility index (Phi) is 6.66. The number of amides is 1. The number of rotatable bonds is 6. The molecule has 134 valence electrons. The molecule has 1 aliphatic rings. The van der Waals surface area contributed by atoms with Gasteiger partial charge in [-0.15, -0.1) is 0 Å². The van der Waals surface area contributed by atoms with Crippen molar-refractivity contribution in [3.8, 4) is 0 Å². The second kappa shape index (κ2) is 8.32. The lowest BCUT2D eigenvalue weighted by Gasteiger charge is -2.33. The van der Waals surface area contributed by atoms with Crippen molar-refractivity contribution in [2.45, 2.75) is 50.0 Å². The predicted octanol–water partition coefficient (Wildman–Crippen LogP) is 3.05. The zero-order chi connectivity index (χ0) is 17.7. The number of hydrogen-bond acceptors (Lipinski definition) is 3. The highest BCUT2D eigenvalue weighted by atomic mass is 35.5. The van der Waals surface area contributed by atoms with Crippen LogP contribution < -0.4 is 4.72 Å². The molecule has 1 fully saturated rings. The summed E-state index contributed by atoms with van der Waals surface area (Å²) in [5.74, 6) is 0.698. The largest absolute Gasteiger partial charge is 0.343 e. The minimum absolute atomic E-state index is 0.0311. The lowest BCUT2D eigenvalue weighted by molar-refractivity contribution is -0.132. The maximum absolute atomic E-state index is 12.3. The van der Waals surface area contributed by atoms with E-state index < -0.39 is 10.0 Å². The van der Waals surface area contributed by atoms with Crippen molar-refractivity contribution in [1.82, 2.24) is 9.62 Å². The molecule has 0 heterocycles. The van der Waals surface area contributed by atoms with Crippen molar-refractivity contribution in [3.05, 3.63) is 29.3 Å². The van der Waals surface area contributed by atoms with E-state index in [0.29, 0.717) is 0 Å². The molecule has 0 unspecified atom stereocenters. The molecule has 1 saturated carbocycles. The smallest absolute Gasteiger partial charge is 0.242 e. The van der Waals surface area contributed by atoms with E-state index in [1.807, 2.05) is 7.05 Å². The predicted molar refractivity (Wildman–Crippen MR) is 95.4 cm³/mol. The Hall–Kier alpha value is -1.11. The summed E-state index contributed by atoms with van der Waals surface area (Å²) in [7, 11) is -1.89. The van der Waals surface area contributed by atoms with E-state index in [1.165, 1.54) is 12.1 Å². The zero-order valence-electron chi connectivity index (χ0n) is 14.2. The van der Waals surface area contributed by atoms with Gasteiger partial charge in [-0.05, 0) is 43.7 Å². The first-order chi connectivity index (χ1) is 11.3. The molecule has 1 aliphatic carbocycles. The van der Waals surface area contributed by atoms with Crippen LogP contribution in [0.3, 0.4) is 0 Å². The van der Waals surface area contributed by atoms with Gasteiger partial charge >= 0.3 is 0 Å². The number of carbonyl (C=O) groups is 1. The van der Waals surface area contributed by atoms with Gasteiger partial charge < -0.3 is 4.90 Å². The molecule has 0 aliphatic heterocycles. The van der Waals surface area contributed by atoms with Gasteiger partial charge in [0, 0.05) is 26.1 Å². The van der Waals surface area contributed by atoms with Gasteiger partial charge in [0.25, 0.3) is 0 Å². The first-order valence-electron chi connectivity index (χ1n) is 8.31. The van der Waals surface area contributed by atoms with Crippen LogP contribution in [0.25, 0.3) is 0 Å². The lowest BCUT2D eigenvalue weighted by atomic mass is 9.86. The van der Waals surface area contributed by atoms with Gasteiger partial charge in [0.2, 0.25) is 15.9 Å². The molecule has 7 heteroatoms. The number of hydrogen-bond donors (Lipinski definition) is 1. The third-order valence-corrected chi connectivity index (χ3v) is 6.64. The molecular formula is C17H25ClN2O3S. The molecule has 2 rings (SSSR count). The molecule has 24 heavy (non-hydrogen) atoms. The summed E-state index contributed by atoms with van der Waals surface area (Å²) in [6.45, 7) is 2.31. The average Bonchev–Trinajstić information content (AvgIpc) is 2.55. The van der Waals surface area contributed by atoms with Crippen molar-refractivity contribution >= 4 is 27.5 Å². The normalized spacial score (nSPS) is 21.5. The summed E-state index contributed by atoms with van der Waals surface area (Å²) in [5.41, 5.74) is 0. The van der Waals surface area contributed by atoms with Gasteiger partial charge in [0.15, 0.2) is 0 Å². The van der Waals surface area contributed by atoms with Crippen molar-refractivity contribution in [2.75, 3.05) is 13.6 Å². The van der Waals surface area contributed by atoms with Crippen LogP contribution in [0.4, 0.5) is 0 Å². The second-order valence-electron chi connectivity index (χ2n) is 6.50. The number of benzene rings is 1. The first kappa shape index (κ1) is 19.2. The summed E-state index contributed by atoms with van der Waals surface area (Å²) in [4.78, 5) is 14.1. The van der Waals surface area contributed by atoms with Crippen LogP contribution in [-0.4, -0.2) is 38.9 Å². The van der Waals surface area contributed by atoms with Crippen molar-refractivity contribution in [3.63, 3.8) is 0 Å². The monoisotopic (exact) mass is 372 g/mol. The molecule has 1 aromatic rings. The lowest BCUT2D eigenvalue weighted by Crippen LogP contribution is -2.40. The topological polar surface area (TPSA) is 66.5 Å². The maximum atomic E-state index is 12.3. The quantitative estimate of drug-likeness (QED) is 0.834. The Labute approximate surface area is 149 Å². The summed E-state index contributed by atoms with van der Waals surface area (Å²) in [5, 5.41) is 0.171. The molecule has 0 spiro atoms. The number of nitrogens with one attached hydrogen (secondary N) is 1. The molecule has 1 aromatic carbocycles. The second-order valence-corrected chi connectivity index (χ2v) is 8.64. The summed E-state index contributed by atoms with van der Waals surface area (Å²) < 4.78 is 26.9. The Morgan fingerprint density at radius 2 is 1.88 bits per heavy atom. The van der Waals surface area contributed by atoms with E-state index in [0.717, 1.165) is 31.6 Å². The molecule has 0 atom stereocenters. The van der Waals surface area contributed by atoms with Gasteiger partial charge in [-0.1, -0.05) is 30.7 Å². The Morgan fingerprint density at radius 1 is 1.25 bits per heavy atom. The summed E-state index contributed by atoms with van der Waals surface area (Å²) in [6.07, 6.45) is 4.47. The summed E-state index contributed by atoms with van der Waals surface area (Å²) >= 11 is 5.92. The van der Waals surface area contributed by atoms with Crippen LogP contribution >= 0.6 is 11.6 Å². The van der Waals surface area contributed by atoms with Crippen LogP contribution in [0.1, 0.15) is 39.0 Å². The standard InChI is InChI=1S/C17H25ClN2O3S/c1-13-7-9-14(10-8-13)20(2)17(21)11-12-19-24(22,23)16-6-4-3-5-15(16)18/h3-6,13-14,19H,7-12H2,1-2H3. The van der Waals surface area contributed by atoms with Crippen LogP contribution in [0, 0.1) is 5.92 Å². The van der Waals surface area contributed by atoms with E-state index in [-0.39, 0.29) is 34.8 Å². The molecular weight excluding hydrogens is 348 g/mol. The Bertz CT molecular complexity index is 670. The van der Waals surface area contributed by atoms with Crippen molar-refractivity contribution < 1.29 is 13.2 Å². The molecule has 5 nitrogen and oxygen atoms in total. The SMILES string of the molecule is CC1CCC(N(C)C(=O)CCNS(=O)(=O)c2ccccc2Cl)CC1. The van der Waals surface area contributed by atoms with E-state index in [9.17, 15) is 13.2 Å². The molecule has 1 N–H and O–H groups in total. The molecule has 0 aromatic heterocycles. The highest BCUT2D eigenvalue weighted by Crippen LogP contribution is 2.26. The van der Waals surface area contributed by atoms with Crippen LogP contribution in [0.2, 0.25) is 5.02 Å². The Morgan fingerprint density at radius 3 is 2.50 bits per heavy atom. The molecule has 0 saturated heterocycles. The molecule has 1 amide bonds. The van der Waals surface area contributed by atoms with Gasteiger partial charge in [0.05, 0.1) is 5.02 Å². The summed E-state index contributed by atoms with van der Waals surface area (Å²) in [6, 6.07) is 6.53. The van der Waals surface area contributed by atoms with E-state index in [4.69, 9.17) is 11.6 Å². The minimum Gasteiger partial charge on any atom is -0.343 e. The van der Waals surface area contributed by atoms with Crippen LogP contribution in [-0.2, 0) is 14.8 Å². The maximum Gasteiger partial charge on any atom is 0.242 e. The number of sulfonamides is 1. The third-order valence-electron chi connectivity index (χ3n) is 4.68. The van der Waals surface area contributed by atoms with E-state index in [1.54, 1.807) is 17.0 Å². The van der Waals surface area contributed by atoms with Gasteiger partial charge in [0.1, 0.15) is 4.90 Å². The molecule has 0 bridgehead atoms. The number of carbonyl (C=O) groups excluding carboxylic acids is 1. The third kappa shape index (κ3) is 4.94. The van der Waals surface area contributed by atoms with Crippen LogP contribution in [0.15, 0.2) is 29.2 Å². The fourth-order valence-electron chi connectivity index (χ4n) is 3.04. The van der Waals surface area contributed by atoms with Gasteiger partial charge in [-0.2, -0.15) is 0 Å². The van der Waals surface area contributed by atoms with Crippen molar-refractivity contribution in [1.29, 1.82) is 0 Å². The highest BCUT2D eigenvalue weighted by Gasteiger charge is 2.25. The van der Waals surface area contributed by atoms with Gasteiger partial charge in [-0.3, -0.25) is 4.79 Å². The average molecular weight is 373 g/mol. The van der Waals surface area contributed by atoms with Gasteiger partial charge in [-0.25, -0.2) is 13.1 Å².